The number of halogens is 2. The van der Waals surface area contributed by atoms with Crippen molar-refractivity contribution in [2.45, 2.75) is 11.8 Å². The highest BCUT2D eigenvalue weighted by Crippen LogP contribution is 2.25. The highest BCUT2D eigenvalue weighted by atomic mass is 79.9. The summed E-state index contributed by atoms with van der Waals surface area (Å²) in [6.07, 6.45) is 1.44. The van der Waals surface area contributed by atoms with Gasteiger partial charge in [-0.15, -0.1) is 0 Å². The van der Waals surface area contributed by atoms with Crippen molar-refractivity contribution in [2.24, 2.45) is 0 Å². The highest BCUT2D eigenvalue weighted by Gasteiger charge is 2.19. The van der Waals surface area contributed by atoms with E-state index >= 15 is 0 Å². The Hall–Kier alpha value is -1.11. The molecule has 100 valence electrons. The van der Waals surface area contributed by atoms with E-state index in [1.807, 2.05) is 13.0 Å². The number of benzene rings is 1. The minimum atomic E-state index is -3.74. The third kappa shape index (κ3) is 3.26. The van der Waals surface area contributed by atoms with Crippen molar-refractivity contribution in [3.05, 3.63) is 51.7 Å². The topological polar surface area (TPSA) is 59.1 Å². The fourth-order valence-corrected chi connectivity index (χ4v) is 3.57. The smallest absolute Gasteiger partial charge is 0.264 e. The summed E-state index contributed by atoms with van der Waals surface area (Å²) in [5.41, 5.74) is 1.31. The summed E-state index contributed by atoms with van der Waals surface area (Å²) in [5, 5.41) is -0.0511. The van der Waals surface area contributed by atoms with Gasteiger partial charge in [-0.25, -0.2) is 13.4 Å². The van der Waals surface area contributed by atoms with Crippen molar-refractivity contribution in [3.63, 3.8) is 0 Å². The number of sulfonamides is 1. The van der Waals surface area contributed by atoms with Gasteiger partial charge in [-0.2, -0.15) is 0 Å². The molecule has 2 rings (SSSR count). The number of hydrogen-bond donors (Lipinski definition) is 1. The van der Waals surface area contributed by atoms with E-state index < -0.39 is 10.0 Å². The van der Waals surface area contributed by atoms with Gasteiger partial charge in [0.05, 0.1) is 5.69 Å². The van der Waals surface area contributed by atoms with Gasteiger partial charge < -0.3 is 0 Å². The normalized spacial score (nSPS) is 11.3. The van der Waals surface area contributed by atoms with Crippen LogP contribution in [-0.2, 0) is 10.0 Å². The molecule has 1 aromatic carbocycles. The lowest BCUT2D eigenvalue weighted by molar-refractivity contribution is 0.601. The quantitative estimate of drug-likeness (QED) is 0.850. The van der Waals surface area contributed by atoms with E-state index in [0.717, 1.165) is 10.0 Å². The second-order valence-electron chi connectivity index (χ2n) is 3.86. The third-order valence-corrected chi connectivity index (χ3v) is 4.75. The average Bonchev–Trinajstić information content (AvgIpc) is 2.33. The van der Waals surface area contributed by atoms with Crippen LogP contribution in [0.3, 0.4) is 0 Å². The van der Waals surface area contributed by atoms with E-state index in [1.54, 1.807) is 12.1 Å². The lowest BCUT2D eigenvalue weighted by Crippen LogP contribution is -2.14. The van der Waals surface area contributed by atoms with Gasteiger partial charge in [0.25, 0.3) is 10.0 Å². The molecule has 0 spiro atoms. The molecule has 0 fully saturated rings. The zero-order valence-corrected chi connectivity index (χ0v) is 13.1. The van der Waals surface area contributed by atoms with Crippen LogP contribution in [0.2, 0.25) is 5.15 Å². The number of aryl methyl sites for hydroxylation is 1. The van der Waals surface area contributed by atoms with Gasteiger partial charge in [0.15, 0.2) is 0 Å². The van der Waals surface area contributed by atoms with Gasteiger partial charge in [-0.05, 0) is 42.8 Å². The van der Waals surface area contributed by atoms with E-state index in [4.69, 9.17) is 11.6 Å². The highest BCUT2D eigenvalue weighted by molar-refractivity contribution is 9.10. The number of nitrogens with one attached hydrogen (secondary N) is 1. The number of nitrogens with zero attached hydrogens (tertiary/aromatic N) is 1. The number of hydrogen-bond acceptors (Lipinski definition) is 3. The Morgan fingerprint density at radius 2 is 2.05 bits per heavy atom. The fraction of sp³-hybridized carbons (Fsp3) is 0.0833. The molecule has 0 aliphatic rings. The summed E-state index contributed by atoms with van der Waals surface area (Å²) in [6.45, 7) is 1.81. The van der Waals surface area contributed by atoms with E-state index in [-0.39, 0.29) is 10.0 Å². The zero-order chi connectivity index (χ0) is 14.0. The third-order valence-electron chi connectivity index (χ3n) is 2.45. The fourth-order valence-electron chi connectivity index (χ4n) is 1.51. The predicted octanol–water partition coefficient (Wildman–Crippen LogP) is 3.61. The monoisotopic (exact) mass is 360 g/mol. The van der Waals surface area contributed by atoms with Crippen LogP contribution < -0.4 is 4.72 Å². The molecule has 0 radical (unpaired) electrons. The Morgan fingerprint density at radius 3 is 2.68 bits per heavy atom. The summed E-state index contributed by atoms with van der Waals surface area (Å²) >= 11 is 9.13. The summed E-state index contributed by atoms with van der Waals surface area (Å²) in [4.78, 5) is 3.72. The molecule has 0 saturated carbocycles. The van der Waals surface area contributed by atoms with Gasteiger partial charge in [-0.1, -0.05) is 27.5 Å². The first kappa shape index (κ1) is 14.3. The second-order valence-corrected chi connectivity index (χ2v) is 6.78. The molecule has 0 unspecified atom stereocenters. The lowest BCUT2D eigenvalue weighted by atomic mass is 10.2. The minimum Gasteiger partial charge on any atom is -0.279 e. The largest absolute Gasteiger partial charge is 0.279 e. The molecule has 1 N–H and O–H groups in total. The molecule has 0 saturated heterocycles. The van der Waals surface area contributed by atoms with E-state index in [1.165, 1.54) is 18.3 Å². The molecule has 4 nitrogen and oxygen atoms in total. The molecule has 7 heteroatoms. The number of rotatable bonds is 3. The Labute approximate surface area is 125 Å². The summed E-state index contributed by atoms with van der Waals surface area (Å²) < 4.78 is 27.8. The molecular weight excluding hydrogens is 352 g/mol. The number of anilines is 1. The maximum atomic E-state index is 12.2. The van der Waals surface area contributed by atoms with Crippen molar-refractivity contribution in [3.8, 4) is 0 Å². The van der Waals surface area contributed by atoms with Crippen molar-refractivity contribution >= 4 is 43.2 Å². The molecule has 1 aromatic heterocycles. The SMILES string of the molecule is Cc1cc(Br)ccc1NS(=O)(=O)c1cccnc1Cl. The molecule has 1 heterocycles. The standard InChI is InChI=1S/C12H10BrClN2O2S/c1-8-7-9(13)4-5-10(8)16-19(17,18)11-3-2-6-15-12(11)14/h2-7,16H,1H3. The van der Waals surface area contributed by atoms with E-state index in [9.17, 15) is 8.42 Å². The van der Waals surface area contributed by atoms with Crippen molar-refractivity contribution in [1.82, 2.24) is 4.98 Å². The minimum absolute atomic E-state index is 0.0426. The summed E-state index contributed by atoms with van der Waals surface area (Å²) in [6, 6.07) is 8.19. The van der Waals surface area contributed by atoms with Gasteiger partial charge in [0, 0.05) is 10.7 Å². The lowest BCUT2D eigenvalue weighted by Gasteiger charge is -2.11. The van der Waals surface area contributed by atoms with E-state index in [0.29, 0.717) is 5.69 Å². The van der Waals surface area contributed by atoms with Crippen LogP contribution in [0.15, 0.2) is 45.9 Å². The average molecular weight is 362 g/mol. The maximum Gasteiger partial charge on any atom is 0.264 e. The molecule has 19 heavy (non-hydrogen) atoms. The van der Waals surface area contributed by atoms with Gasteiger partial charge in [-0.3, -0.25) is 4.72 Å². The first-order valence-corrected chi connectivity index (χ1v) is 7.95. The van der Waals surface area contributed by atoms with Crippen molar-refractivity contribution < 1.29 is 8.42 Å². The predicted molar refractivity (Wildman–Crippen MR) is 78.9 cm³/mol. The summed E-state index contributed by atoms with van der Waals surface area (Å²) in [7, 11) is -3.74. The molecule has 0 bridgehead atoms. The van der Waals surface area contributed by atoms with Crippen LogP contribution in [-0.4, -0.2) is 13.4 Å². The molecule has 0 amide bonds. The first-order chi connectivity index (χ1) is 8.90. The zero-order valence-electron chi connectivity index (χ0n) is 9.89. The van der Waals surface area contributed by atoms with Crippen LogP contribution in [0.1, 0.15) is 5.56 Å². The van der Waals surface area contributed by atoms with Crippen LogP contribution in [0, 0.1) is 6.92 Å². The Bertz CT molecular complexity index is 719. The molecule has 0 aliphatic heterocycles. The Kier molecular flexibility index (Phi) is 4.13. The molecule has 0 atom stereocenters. The molecule has 0 aliphatic carbocycles. The second kappa shape index (κ2) is 5.48. The first-order valence-electron chi connectivity index (χ1n) is 5.29. The molecular formula is C12H10BrClN2O2S. The Balaban J connectivity index is 2.40. The van der Waals surface area contributed by atoms with Crippen LogP contribution >= 0.6 is 27.5 Å². The van der Waals surface area contributed by atoms with Crippen LogP contribution in [0.25, 0.3) is 0 Å². The van der Waals surface area contributed by atoms with Crippen LogP contribution in [0.5, 0.6) is 0 Å². The van der Waals surface area contributed by atoms with Gasteiger partial charge in [0.2, 0.25) is 0 Å². The van der Waals surface area contributed by atoms with E-state index in [2.05, 4.69) is 25.6 Å². The van der Waals surface area contributed by atoms with Crippen molar-refractivity contribution in [2.75, 3.05) is 4.72 Å². The Morgan fingerprint density at radius 1 is 1.32 bits per heavy atom. The van der Waals surface area contributed by atoms with Gasteiger partial charge >= 0.3 is 0 Å². The number of aromatic nitrogens is 1. The van der Waals surface area contributed by atoms with Gasteiger partial charge in [0.1, 0.15) is 10.0 Å². The number of pyridine rings is 1. The summed E-state index contributed by atoms with van der Waals surface area (Å²) in [5.74, 6) is 0. The maximum absolute atomic E-state index is 12.2. The van der Waals surface area contributed by atoms with Crippen molar-refractivity contribution in [1.29, 1.82) is 0 Å². The molecule has 2 aromatic rings. The van der Waals surface area contributed by atoms with Crippen LogP contribution in [0.4, 0.5) is 5.69 Å².